The minimum atomic E-state index is -1.08. The molecular formula is C24H31N5O4S. The van der Waals surface area contributed by atoms with E-state index in [-0.39, 0.29) is 12.3 Å². The number of nitrogens with one attached hydrogen (secondary N) is 1. The fourth-order valence-electron chi connectivity index (χ4n) is 4.31. The molecule has 0 aliphatic carbocycles. The molecular weight excluding hydrogens is 454 g/mol. The van der Waals surface area contributed by atoms with E-state index in [0.29, 0.717) is 23.8 Å². The molecule has 1 saturated heterocycles. The van der Waals surface area contributed by atoms with Crippen molar-refractivity contribution in [2.24, 2.45) is 5.92 Å². The molecule has 0 radical (unpaired) electrons. The first-order valence-corrected chi connectivity index (χ1v) is 12.4. The SMILES string of the molecule is Cc1sc2nc(CN3CCC(C)CC3)nc(N[C@@H](CO)[C@@H](O)c3ccc([N+](=O)[O-])cc3)c2c1C. The number of aliphatic hydroxyl groups is 2. The average Bonchev–Trinajstić information content (AvgIpc) is 3.11. The molecule has 3 heterocycles. The van der Waals surface area contributed by atoms with Crippen LogP contribution in [0.3, 0.4) is 0 Å². The zero-order valence-electron chi connectivity index (χ0n) is 19.7. The van der Waals surface area contributed by atoms with Crippen molar-refractivity contribution >= 4 is 33.1 Å². The van der Waals surface area contributed by atoms with E-state index < -0.39 is 17.1 Å². The van der Waals surface area contributed by atoms with Gasteiger partial charge in [-0.25, -0.2) is 9.97 Å². The standard InChI is InChI=1S/C24H31N5O4S/c1-14-8-10-28(11-9-14)12-20-26-23(21-15(2)16(3)34-24(21)27-20)25-19(13-30)22(31)17-4-6-18(7-5-17)29(32)33/h4-7,14,19,22,30-31H,8-13H2,1-3H3,(H,25,26,27)/t19-,22-/m0/s1. The lowest BCUT2D eigenvalue weighted by molar-refractivity contribution is -0.384. The van der Waals surface area contributed by atoms with E-state index in [4.69, 9.17) is 9.97 Å². The van der Waals surface area contributed by atoms with Gasteiger partial charge in [0.15, 0.2) is 0 Å². The maximum absolute atomic E-state index is 10.9. The average molecular weight is 486 g/mol. The predicted molar refractivity (Wildman–Crippen MR) is 133 cm³/mol. The third-order valence-electron chi connectivity index (χ3n) is 6.66. The Balaban J connectivity index is 1.62. The molecule has 0 bridgehead atoms. The number of benzene rings is 1. The topological polar surface area (TPSA) is 125 Å². The summed E-state index contributed by atoms with van der Waals surface area (Å²) in [4.78, 5) is 24.5. The number of piperidine rings is 1. The van der Waals surface area contributed by atoms with E-state index in [9.17, 15) is 20.3 Å². The summed E-state index contributed by atoms with van der Waals surface area (Å²) in [6.45, 7) is 8.71. The van der Waals surface area contributed by atoms with Gasteiger partial charge in [0.1, 0.15) is 22.6 Å². The normalized spacial score (nSPS) is 17.1. The highest BCUT2D eigenvalue weighted by atomic mass is 32.1. The lowest BCUT2D eigenvalue weighted by Gasteiger charge is -2.29. The Morgan fingerprint density at radius 3 is 2.53 bits per heavy atom. The molecule has 3 N–H and O–H groups in total. The smallest absolute Gasteiger partial charge is 0.269 e. The number of aliphatic hydroxyl groups excluding tert-OH is 2. The molecule has 1 aromatic carbocycles. The van der Waals surface area contributed by atoms with Gasteiger partial charge in [-0.3, -0.25) is 15.0 Å². The molecule has 182 valence electrons. The van der Waals surface area contributed by atoms with Gasteiger partial charge >= 0.3 is 0 Å². The van der Waals surface area contributed by atoms with Crippen LogP contribution in [-0.2, 0) is 6.54 Å². The Hall–Kier alpha value is -2.66. The molecule has 1 aliphatic rings. The summed E-state index contributed by atoms with van der Waals surface area (Å²) >= 11 is 1.61. The van der Waals surface area contributed by atoms with Gasteiger partial charge in [-0.1, -0.05) is 6.92 Å². The van der Waals surface area contributed by atoms with E-state index in [0.717, 1.165) is 39.7 Å². The second kappa shape index (κ2) is 10.3. The molecule has 1 aliphatic heterocycles. The number of rotatable bonds is 8. The molecule has 10 heteroatoms. The van der Waals surface area contributed by atoms with E-state index in [1.807, 2.05) is 13.8 Å². The van der Waals surface area contributed by atoms with Crippen molar-refractivity contribution in [3.05, 3.63) is 56.2 Å². The number of thiophene rings is 1. The number of aromatic nitrogens is 2. The van der Waals surface area contributed by atoms with Crippen LogP contribution in [0.15, 0.2) is 24.3 Å². The van der Waals surface area contributed by atoms with Crippen LogP contribution in [0, 0.1) is 29.9 Å². The highest BCUT2D eigenvalue weighted by molar-refractivity contribution is 7.18. The molecule has 0 unspecified atom stereocenters. The first kappa shape index (κ1) is 24.5. The van der Waals surface area contributed by atoms with Crippen LogP contribution in [0.4, 0.5) is 11.5 Å². The van der Waals surface area contributed by atoms with Crippen molar-refractivity contribution in [2.75, 3.05) is 25.0 Å². The lowest BCUT2D eigenvalue weighted by Crippen LogP contribution is -2.34. The fourth-order valence-corrected chi connectivity index (χ4v) is 5.36. The number of hydrogen-bond donors (Lipinski definition) is 3. The van der Waals surface area contributed by atoms with Gasteiger partial charge in [-0.2, -0.15) is 0 Å². The largest absolute Gasteiger partial charge is 0.394 e. The van der Waals surface area contributed by atoms with E-state index in [1.165, 1.54) is 37.1 Å². The van der Waals surface area contributed by atoms with Crippen LogP contribution in [0.5, 0.6) is 0 Å². The van der Waals surface area contributed by atoms with Crippen LogP contribution in [-0.4, -0.2) is 55.7 Å². The van der Waals surface area contributed by atoms with Crippen LogP contribution >= 0.6 is 11.3 Å². The molecule has 2 atom stereocenters. The number of nitrogens with zero attached hydrogens (tertiary/aromatic N) is 4. The zero-order chi connectivity index (χ0) is 24.4. The van der Waals surface area contributed by atoms with Crippen LogP contribution < -0.4 is 5.32 Å². The first-order chi connectivity index (χ1) is 16.3. The summed E-state index contributed by atoms with van der Waals surface area (Å²) in [6, 6.07) is 4.96. The number of fused-ring (bicyclic) bond motifs is 1. The molecule has 2 aromatic heterocycles. The Bertz CT molecular complexity index is 1160. The summed E-state index contributed by atoms with van der Waals surface area (Å²) < 4.78 is 0. The van der Waals surface area contributed by atoms with Crippen molar-refractivity contribution in [1.29, 1.82) is 0 Å². The number of nitro benzene ring substituents is 1. The van der Waals surface area contributed by atoms with Gasteiger partial charge in [-0.15, -0.1) is 11.3 Å². The van der Waals surface area contributed by atoms with Crippen molar-refractivity contribution in [3.63, 3.8) is 0 Å². The number of aryl methyl sites for hydroxylation is 2. The van der Waals surface area contributed by atoms with Gasteiger partial charge in [0.2, 0.25) is 0 Å². The maximum Gasteiger partial charge on any atom is 0.269 e. The van der Waals surface area contributed by atoms with E-state index >= 15 is 0 Å². The summed E-state index contributed by atoms with van der Waals surface area (Å²) in [5.41, 5.74) is 1.49. The Morgan fingerprint density at radius 1 is 1.24 bits per heavy atom. The molecule has 1 fully saturated rings. The quantitative estimate of drug-likeness (QED) is 0.324. The van der Waals surface area contributed by atoms with Gasteiger partial charge in [0, 0.05) is 17.0 Å². The molecule has 0 spiro atoms. The highest BCUT2D eigenvalue weighted by Gasteiger charge is 2.25. The molecule has 0 saturated carbocycles. The highest BCUT2D eigenvalue weighted by Crippen LogP contribution is 2.35. The van der Waals surface area contributed by atoms with E-state index in [1.54, 1.807) is 11.3 Å². The monoisotopic (exact) mass is 485 g/mol. The summed E-state index contributed by atoms with van der Waals surface area (Å²) in [5.74, 6) is 2.05. The second-order valence-corrected chi connectivity index (χ2v) is 10.3. The second-order valence-electron chi connectivity index (χ2n) is 9.14. The third kappa shape index (κ3) is 5.20. The van der Waals surface area contributed by atoms with Gasteiger partial charge in [-0.05, 0) is 69.0 Å². The van der Waals surface area contributed by atoms with Gasteiger partial charge in [0.05, 0.1) is 29.5 Å². The van der Waals surface area contributed by atoms with Crippen molar-refractivity contribution < 1.29 is 15.1 Å². The zero-order valence-corrected chi connectivity index (χ0v) is 20.5. The molecule has 34 heavy (non-hydrogen) atoms. The summed E-state index contributed by atoms with van der Waals surface area (Å²) in [6.07, 6.45) is 1.25. The van der Waals surface area contributed by atoms with Gasteiger partial charge in [0.25, 0.3) is 5.69 Å². The number of likely N-dealkylation sites (tertiary alicyclic amines) is 1. The van der Waals surface area contributed by atoms with Gasteiger partial charge < -0.3 is 15.5 Å². The number of anilines is 1. The minimum Gasteiger partial charge on any atom is -0.394 e. The Morgan fingerprint density at radius 2 is 1.91 bits per heavy atom. The fraction of sp³-hybridized carbons (Fsp3) is 0.500. The molecule has 3 aromatic rings. The lowest BCUT2D eigenvalue weighted by atomic mass is 9.99. The summed E-state index contributed by atoms with van der Waals surface area (Å²) in [5, 5.41) is 36.1. The molecule has 0 amide bonds. The first-order valence-electron chi connectivity index (χ1n) is 11.6. The van der Waals surface area contributed by atoms with Crippen molar-refractivity contribution in [1.82, 2.24) is 14.9 Å². The number of hydrogen-bond acceptors (Lipinski definition) is 9. The Kier molecular flexibility index (Phi) is 7.42. The Labute approximate surface area is 202 Å². The van der Waals surface area contributed by atoms with Crippen molar-refractivity contribution in [3.8, 4) is 0 Å². The molecule has 9 nitrogen and oxygen atoms in total. The number of non-ortho nitro benzene ring substituents is 1. The predicted octanol–water partition coefficient (Wildman–Crippen LogP) is 3.95. The van der Waals surface area contributed by atoms with Crippen LogP contribution in [0.1, 0.15) is 47.7 Å². The summed E-state index contributed by atoms with van der Waals surface area (Å²) in [7, 11) is 0. The van der Waals surface area contributed by atoms with E-state index in [2.05, 4.69) is 17.1 Å². The maximum atomic E-state index is 10.9. The minimum absolute atomic E-state index is 0.0527. The van der Waals surface area contributed by atoms with Crippen molar-refractivity contribution in [2.45, 2.75) is 52.3 Å². The third-order valence-corrected chi connectivity index (χ3v) is 7.76. The molecule has 4 rings (SSSR count). The van der Waals surface area contributed by atoms with Crippen LogP contribution in [0.2, 0.25) is 0 Å². The number of nitro groups is 1. The van der Waals surface area contributed by atoms with Crippen LogP contribution in [0.25, 0.3) is 10.2 Å².